The number of thiophene rings is 1. The van der Waals surface area contributed by atoms with Gasteiger partial charge in [-0.25, -0.2) is 9.97 Å². The van der Waals surface area contributed by atoms with E-state index in [1.165, 1.54) is 10.4 Å². The Balaban J connectivity index is 1.40. The number of carbonyl (C=O) groups excluding carboxylic acids is 1. The van der Waals surface area contributed by atoms with Gasteiger partial charge in [-0.2, -0.15) is 0 Å². The van der Waals surface area contributed by atoms with Gasteiger partial charge in [0.15, 0.2) is 0 Å². The Kier molecular flexibility index (Phi) is 5.78. The van der Waals surface area contributed by atoms with Crippen molar-refractivity contribution < 1.29 is 9.53 Å². The van der Waals surface area contributed by atoms with Crippen LogP contribution in [-0.4, -0.2) is 35.1 Å². The number of nitrogens with one attached hydrogen (secondary N) is 2. The lowest BCUT2D eigenvalue weighted by atomic mass is 10.1. The highest BCUT2D eigenvalue weighted by Gasteiger charge is 2.17. The summed E-state index contributed by atoms with van der Waals surface area (Å²) in [5.74, 6) is 1.57. The third-order valence-electron chi connectivity index (χ3n) is 5.33. The van der Waals surface area contributed by atoms with Gasteiger partial charge >= 0.3 is 0 Å². The Morgan fingerprint density at radius 3 is 2.72 bits per heavy atom. The van der Waals surface area contributed by atoms with E-state index in [4.69, 9.17) is 4.74 Å². The SMILES string of the molecule is Cc1nc(NCc2ccc(C(=O)NCC3CCCO3)cc2)c2c(C)c(C)sc2n1. The number of rotatable bonds is 6. The van der Waals surface area contributed by atoms with Crippen LogP contribution >= 0.6 is 11.3 Å². The van der Waals surface area contributed by atoms with E-state index in [1.807, 2.05) is 31.2 Å². The van der Waals surface area contributed by atoms with Gasteiger partial charge in [-0.3, -0.25) is 4.79 Å². The lowest BCUT2D eigenvalue weighted by Crippen LogP contribution is -2.31. The number of fused-ring (bicyclic) bond motifs is 1. The lowest BCUT2D eigenvalue weighted by molar-refractivity contribution is 0.0858. The van der Waals surface area contributed by atoms with Gasteiger partial charge in [0.2, 0.25) is 0 Å². The van der Waals surface area contributed by atoms with Gasteiger partial charge in [-0.05, 0) is 56.9 Å². The maximum atomic E-state index is 12.3. The molecule has 1 aliphatic rings. The van der Waals surface area contributed by atoms with Crippen LogP contribution in [0.3, 0.4) is 0 Å². The van der Waals surface area contributed by atoms with Gasteiger partial charge in [-0.15, -0.1) is 11.3 Å². The summed E-state index contributed by atoms with van der Waals surface area (Å²) in [4.78, 5) is 23.8. The third-order valence-corrected chi connectivity index (χ3v) is 6.43. The second-order valence-electron chi connectivity index (χ2n) is 7.48. The van der Waals surface area contributed by atoms with Gasteiger partial charge in [0.25, 0.3) is 5.91 Å². The molecule has 1 saturated heterocycles. The number of ether oxygens (including phenoxy) is 1. The molecule has 0 aliphatic carbocycles. The normalized spacial score (nSPS) is 16.3. The first-order valence-electron chi connectivity index (χ1n) is 9.98. The van der Waals surface area contributed by atoms with Crippen molar-refractivity contribution in [2.45, 2.75) is 46.3 Å². The van der Waals surface area contributed by atoms with Gasteiger partial charge in [0.05, 0.1) is 11.5 Å². The van der Waals surface area contributed by atoms with Crippen molar-refractivity contribution in [3.8, 4) is 0 Å². The molecule has 0 spiro atoms. The predicted molar refractivity (Wildman–Crippen MR) is 117 cm³/mol. The summed E-state index contributed by atoms with van der Waals surface area (Å²) < 4.78 is 5.55. The minimum absolute atomic E-state index is 0.0579. The van der Waals surface area contributed by atoms with Crippen LogP contribution in [-0.2, 0) is 11.3 Å². The number of anilines is 1. The molecule has 0 bridgehead atoms. The summed E-state index contributed by atoms with van der Waals surface area (Å²) in [6.45, 7) is 8.15. The van der Waals surface area contributed by atoms with E-state index >= 15 is 0 Å². The number of amides is 1. The fraction of sp³-hybridized carbons (Fsp3) is 0.409. The zero-order valence-corrected chi connectivity index (χ0v) is 17.9. The van der Waals surface area contributed by atoms with E-state index in [1.54, 1.807) is 11.3 Å². The largest absolute Gasteiger partial charge is 0.376 e. The highest BCUT2D eigenvalue weighted by atomic mass is 32.1. The molecule has 1 unspecified atom stereocenters. The molecule has 2 N–H and O–H groups in total. The van der Waals surface area contributed by atoms with Crippen molar-refractivity contribution in [2.75, 3.05) is 18.5 Å². The highest BCUT2D eigenvalue weighted by Crippen LogP contribution is 2.33. The number of hydrogen-bond donors (Lipinski definition) is 2. The summed E-state index contributed by atoms with van der Waals surface area (Å²) in [5.41, 5.74) is 2.98. The van der Waals surface area contributed by atoms with Crippen molar-refractivity contribution in [2.24, 2.45) is 0 Å². The van der Waals surface area contributed by atoms with Crippen LogP contribution in [0.25, 0.3) is 10.2 Å². The number of hydrogen-bond acceptors (Lipinski definition) is 6. The average molecular weight is 411 g/mol. The summed E-state index contributed by atoms with van der Waals surface area (Å²) in [6, 6.07) is 7.68. The molecule has 1 amide bonds. The molecule has 3 aromatic rings. The van der Waals surface area contributed by atoms with Crippen molar-refractivity contribution >= 4 is 33.3 Å². The van der Waals surface area contributed by atoms with Gasteiger partial charge in [0, 0.05) is 30.1 Å². The first kappa shape index (κ1) is 19.8. The lowest BCUT2D eigenvalue weighted by Gasteiger charge is -2.11. The Morgan fingerprint density at radius 2 is 2.00 bits per heavy atom. The van der Waals surface area contributed by atoms with E-state index in [2.05, 4.69) is 34.4 Å². The van der Waals surface area contributed by atoms with Crippen molar-refractivity contribution in [1.82, 2.24) is 15.3 Å². The Labute approximate surface area is 174 Å². The number of nitrogens with zero attached hydrogens (tertiary/aromatic N) is 2. The summed E-state index contributed by atoms with van der Waals surface area (Å²) in [7, 11) is 0. The fourth-order valence-electron chi connectivity index (χ4n) is 3.56. The minimum Gasteiger partial charge on any atom is -0.376 e. The molecular weight excluding hydrogens is 384 g/mol. The molecule has 29 heavy (non-hydrogen) atoms. The summed E-state index contributed by atoms with van der Waals surface area (Å²) in [5, 5.41) is 7.51. The molecule has 7 heteroatoms. The second-order valence-corrected chi connectivity index (χ2v) is 8.68. The predicted octanol–water partition coefficient (Wildman–Crippen LogP) is 4.14. The van der Waals surface area contributed by atoms with Crippen LogP contribution in [0.15, 0.2) is 24.3 Å². The standard InChI is InChI=1S/C22H26N4O2S/c1-13-14(2)29-22-19(13)20(25-15(3)26-22)23-11-16-6-8-17(9-7-16)21(27)24-12-18-5-4-10-28-18/h6-9,18H,4-5,10-12H2,1-3H3,(H,24,27)(H,23,25,26). The van der Waals surface area contributed by atoms with E-state index < -0.39 is 0 Å². The zero-order chi connectivity index (χ0) is 20.4. The Hall–Kier alpha value is -2.51. The second kappa shape index (κ2) is 8.47. The van der Waals surface area contributed by atoms with Crippen molar-refractivity contribution in [3.63, 3.8) is 0 Å². The number of aromatic nitrogens is 2. The Bertz CT molecular complexity index is 1020. The van der Waals surface area contributed by atoms with Crippen LogP contribution in [0.4, 0.5) is 5.82 Å². The number of aryl methyl sites for hydroxylation is 3. The molecule has 152 valence electrons. The van der Waals surface area contributed by atoms with Crippen LogP contribution in [0.2, 0.25) is 0 Å². The van der Waals surface area contributed by atoms with Gasteiger partial charge < -0.3 is 15.4 Å². The fourth-order valence-corrected chi connectivity index (χ4v) is 4.63. The molecule has 3 heterocycles. The number of benzene rings is 1. The Morgan fingerprint density at radius 1 is 1.21 bits per heavy atom. The van der Waals surface area contributed by atoms with E-state index in [-0.39, 0.29) is 12.0 Å². The monoisotopic (exact) mass is 410 g/mol. The highest BCUT2D eigenvalue weighted by molar-refractivity contribution is 7.18. The van der Waals surface area contributed by atoms with Crippen LogP contribution < -0.4 is 10.6 Å². The van der Waals surface area contributed by atoms with Crippen molar-refractivity contribution in [3.05, 3.63) is 51.7 Å². The molecular formula is C22H26N4O2S. The molecule has 1 atom stereocenters. The molecule has 0 saturated carbocycles. The molecule has 0 radical (unpaired) electrons. The summed E-state index contributed by atoms with van der Waals surface area (Å²) in [6.07, 6.45) is 2.24. The van der Waals surface area contributed by atoms with Gasteiger partial charge in [0.1, 0.15) is 16.5 Å². The maximum absolute atomic E-state index is 12.3. The van der Waals surface area contributed by atoms with Gasteiger partial charge in [-0.1, -0.05) is 12.1 Å². The van der Waals surface area contributed by atoms with E-state index in [9.17, 15) is 4.79 Å². The molecule has 2 aromatic heterocycles. The molecule has 1 fully saturated rings. The molecule has 1 aliphatic heterocycles. The van der Waals surface area contributed by atoms with Crippen LogP contribution in [0.5, 0.6) is 0 Å². The maximum Gasteiger partial charge on any atom is 0.251 e. The van der Waals surface area contributed by atoms with E-state index in [0.717, 1.165) is 46.9 Å². The molecule has 4 rings (SSSR count). The smallest absolute Gasteiger partial charge is 0.251 e. The van der Waals surface area contributed by atoms with Crippen LogP contribution in [0.1, 0.15) is 45.0 Å². The first-order valence-corrected chi connectivity index (χ1v) is 10.8. The zero-order valence-electron chi connectivity index (χ0n) is 17.0. The minimum atomic E-state index is -0.0579. The third kappa shape index (κ3) is 4.41. The molecule has 6 nitrogen and oxygen atoms in total. The van der Waals surface area contributed by atoms with Crippen LogP contribution in [0, 0.1) is 20.8 Å². The average Bonchev–Trinajstić information content (AvgIpc) is 3.33. The molecule has 1 aromatic carbocycles. The van der Waals surface area contributed by atoms with Crippen molar-refractivity contribution in [1.29, 1.82) is 0 Å². The first-order chi connectivity index (χ1) is 14.0. The van der Waals surface area contributed by atoms with E-state index in [0.29, 0.717) is 18.7 Å². The number of carbonyl (C=O) groups is 1. The topological polar surface area (TPSA) is 76.1 Å². The quantitative estimate of drug-likeness (QED) is 0.639. The summed E-state index contributed by atoms with van der Waals surface area (Å²) >= 11 is 1.70.